The minimum atomic E-state index is -3.08. The standard InChI is InChI=1S/C15H22N4O2S/c1-12-11-18(22(2,20)21)8-6-14(12)16-9-13-10-17-19-7-4-3-5-15(13)19/h3-5,7,10,12,14,16H,6,8-9,11H2,1-2H3/t12-,14+/m0/s1. The lowest BCUT2D eigenvalue weighted by Crippen LogP contribution is -2.49. The third-order valence-electron chi connectivity index (χ3n) is 4.40. The van der Waals surface area contributed by atoms with E-state index in [1.54, 1.807) is 4.31 Å². The third kappa shape index (κ3) is 3.16. The van der Waals surface area contributed by atoms with Gasteiger partial charge in [0.05, 0.1) is 18.0 Å². The van der Waals surface area contributed by atoms with Crippen molar-refractivity contribution in [1.82, 2.24) is 19.2 Å². The van der Waals surface area contributed by atoms with Gasteiger partial charge in [0.2, 0.25) is 10.0 Å². The number of pyridine rings is 1. The Morgan fingerprint density at radius 1 is 1.41 bits per heavy atom. The highest BCUT2D eigenvalue weighted by molar-refractivity contribution is 7.88. The maximum Gasteiger partial charge on any atom is 0.211 e. The zero-order valence-electron chi connectivity index (χ0n) is 12.9. The minimum Gasteiger partial charge on any atom is -0.309 e. The van der Waals surface area contributed by atoms with Crippen LogP contribution in [0.1, 0.15) is 18.9 Å². The third-order valence-corrected chi connectivity index (χ3v) is 5.67. The Balaban J connectivity index is 1.63. The second kappa shape index (κ2) is 5.98. The minimum absolute atomic E-state index is 0.297. The average molecular weight is 322 g/mol. The Morgan fingerprint density at radius 2 is 2.23 bits per heavy atom. The van der Waals surface area contributed by atoms with Crippen molar-refractivity contribution in [2.45, 2.75) is 25.9 Å². The lowest BCUT2D eigenvalue weighted by Gasteiger charge is -2.36. The van der Waals surface area contributed by atoms with Crippen LogP contribution in [-0.4, -0.2) is 47.7 Å². The molecule has 120 valence electrons. The van der Waals surface area contributed by atoms with Gasteiger partial charge in [-0.2, -0.15) is 5.10 Å². The maximum absolute atomic E-state index is 11.6. The molecule has 0 aromatic carbocycles. The SMILES string of the molecule is C[C@H]1CN(S(C)(=O)=O)CC[C@H]1NCc1cnn2ccccc12. The Hall–Kier alpha value is -1.44. The number of sulfonamides is 1. The molecule has 0 aliphatic carbocycles. The van der Waals surface area contributed by atoms with Crippen molar-refractivity contribution in [1.29, 1.82) is 0 Å². The predicted molar refractivity (Wildman–Crippen MR) is 86.0 cm³/mol. The van der Waals surface area contributed by atoms with Crippen LogP contribution < -0.4 is 5.32 Å². The van der Waals surface area contributed by atoms with Crippen molar-refractivity contribution in [3.63, 3.8) is 0 Å². The molecule has 1 fully saturated rings. The summed E-state index contributed by atoms with van der Waals surface area (Å²) >= 11 is 0. The number of piperidine rings is 1. The lowest BCUT2D eigenvalue weighted by atomic mass is 9.95. The van der Waals surface area contributed by atoms with Crippen LogP contribution in [0, 0.1) is 5.92 Å². The Morgan fingerprint density at radius 3 is 2.95 bits per heavy atom. The van der Waals surface area contributed by atoms with Gasteiger partial charge in [0.15, 0.2) is 0 Å². The molecular formula is C15H22N4O2S. The fourth-order valence-corrected chi connectivity index (χ4v) is 4.02. The first-order valence-electron chi connectivity index (χ1n) is 7.55. The van der Waals surface area contributed by atoms with Crippen molar-refractivity contribution in [2.75, 3.05) is 19.3 Å². The van der Waals surface area contributed by atoms with Gasteiger partial charge < -0.3 is 5.32 Å². The van der Waals surface area contributed by atoms with Crippen molar-refractivity contribution >= 4 is 15.5 Å². The van der Waals surface area contributed by atoms with Crippen LogP contribution in [0.3, 0.4) is 0 Å². The molecule has 22 heavy (non-hydrogen) atoms. The quantitative estimate of drug-likeness (QED) is 0.915. The summed E-state index contributed by atoms with van der Waals surface area (Å²) in [5.74, 6) is 0.297. The van der Waals surface area contributed by atoms with Gasteiger partial charge in [-0.05, 0) is 24.5 Å². The van der Waals surface area contributed by atoms with E-state index >= 15 is 0 Å². The molecule has 0 radical (unpaired) electrons. The molecule has 3 rings (SSSR count). The zero-order chi connectivity index (χ0) is 15.7. The highest BCUT2D eigenvalue weighted by Crippen LogP contribution is 2.20. The first-order valence-corrected chi connectivity index (χ1v) is 9.40. The average Bonchev–Trinajstić information content (AvgIpc) is 2.88. The molecule has 1 aliphatic rings. The molecule has 1 N–H and O–H groups in total. The van der Waals surface area contributed by atoms with Gasteiger partial charge in [0, 0.05) is 37.4 Å². The van der Waals surface area contributed by atoms with Crippen LogP contribution >= 0.6 is 0 Å². The van der Waals surface area contributed by atoms with Crippen molar-refractivity contribution in [3.8, 4) is 0 Å². The van der Waals surface area contributed by atoms with Crippen LogP contribution in [-0.2, 0) is 16.6 Å². The number of fused-ring (bicyclic) bond motifs is 1. The lowest BCUT2D eigenvalue weighted by molar-refractivity contribution is 0.220. The molecule has 1 saturated heterocycles. The molecule has 2 aromatic rings. The molecule has 2 aromatic heterocycles. The van der Waals surface area contributed by atoms with E-state index in [9.17, 15) is 8.42 Å². The molecule has 0 saturated carbocycles. The predicted octanol–water partition coefficient (Wildman–Crippen LogP) is 1.09. The molecular weight excluding hydrogens is 300 g/mol. The summed E-state index contributed by atoms with van der Waals surface area (Å²) in [5, 5.41) is 7.90. The van der Waals surface area contributed by atoms with Crippen LogP contribution in [0.5, 0.6) is 0 Å². The second-order valence-electron chi connectivity index (χ2n) is 6.07. The highest BCUT2D eigenvalue weighted by Gasteiger charge is 2.30. The van der Waals surface area contributed by atoms with Crippen LogP contribution in [0.15, 0.2) is 30.6 Å². The number of aromatic nitrogens is 2. The molecule has 0 amide bonds. The van der Waals surface area contributed by atoms with E-state index in [2.05, 4.69) is 23.4 Å². The molecule has 3 heterocycles. The van der Waals surface area contributed by atoms with Gasteiger partial charge in [-0.1, -0.05) is 13.0 Å². The smallest absolute Gasteiger partial charge is 0.211 e. The number of nitrogens with one attached hydrogen (secondary N) is 1. The summed E-state index contributed by atoms with van der Waals surface area (Å²) in [6, 6.07) is 6.35. The molecule has 2 atom stereocenters. The monoisotopic (exact) mass is 322 g/mol. The Labute approximate surface area is 131 Å². The fraction of sp³-hybridized carbons (Fsp3) is 0.533. The van der Waals surface area contributed by atoms with Gasteiger partial charge in [-0.25, -0.2) is 17.2 Å². The number of nitrogens with zero attached hydrogens (tertiary/aromatic N) is 3. The highest BCUT2D eigenvalue weighted by atomic mass is 32.2. The topological polar surface area (TPSA) is 66.7 Å². The van der Waals surface area contributed by atoms with Crippen molar-refractivity contribution < 1.29 is 8.42 Å². The summed E-state index contributed by atoms with van der Waals surface area (Å²) in [4.78, 5) is 0. The normalized spacial score (nSPS) is 23.9. The molecule has 6 nitrogen and oxygen atoms in total. The van der Waals surface area contributed by atoms with Gasteiger partial charge in [-0.15, -0.1) is 0 Å². The van der Waals surface area contributed by atoms with Gasteiger partial charge in [0.25, 0.3) is 0 Å². The first kappa shape index (κ1) is 15.5. The first-order chi connectivity index (χ1) is 10.4. The maximum atomic E-state index is 11.6. The van der Waals surface area contributed by atoms with E-state index in [0.717, 1.165) is 18.5 Å². The van der Waals surface area contributed by atoms with E-state index in [0.29, 0.717) is 25.0 Å². The summed E-state index contributed by atoms with van der Waals surface area (Å²) in [6.07, 6.45) is 5.95. The Kier molecular flexibility index (Phi) is 4.20. The molecule has 0 spiro atoms. The summed E-state index contributed by atoms with van der Waals surface area (Å²) in [7, 11) is -3.08. The van der Waals surface area contributed by atoms with E-state index in [-0.39, 0.29) is 0 Å². The fourth-order valence-electron chi connectivity index (χ4n) is 3.08. The van der Waals surface area contributed by atoms with Crippen molar-refractivity contribution in [3.05, 3.63) is 36.2 Å². The summed E-state index contributed by atoms with van der Waals surface area (Å²) in [6.45, 7) is 4.04. The number of hydrogen-bond donors (Lipinski definition) is 1. The number of rotatable bonds is 4. The van der Waals surface area contributed by atoms with E-state index in [4.69, 9.17) is 0 Å². The summed E-state index contributed by atoms with van der Waals surface area (Å²) in [5.41, 5.74) is 2.27. The second-order valence-corrected chi connectivity index (χ2v) is 8.06. The molecule has 0 unspecified atom stereocenters. The summed E-state index contributed by atoms with van der Waals surface area (Å²) < 4.78 is 26.7. The van der Waals surface area contributed by atoms with Crippen LogP contribution in [0.25, 0.3) is 5.52 Å². The van der Waals surface area contributed by atoms with Crippen LogP contribution in [0.2, 0.25) is 0 Å². The van der Waals surface area contributed by atoms with Crippen LogP contribution in [0.4, 0.5) is 0 Å². The zero-order valence-corrected chi connectivity index (χ0v) is 13.8. The molecule has 1 aliphatic heterocycles. The molecule has 0 bridgehead atoms. The van der Waals surface area contributed by atoms with E-state index < -0.39 is 10.0 Å². The van der Waals surface area contributed by atoms with Gasteiger partial charge >= 0.3 is 0 Å². The van der Waals surface area contributed by atoms with Gasteiger partial charge in [0.1, 0.15) is 0 Å². The van der Waals surface area contributed by atoms with Gasteiger partial charge in [-0.3, -0.25) is 0 Å². The largest absolute Gasteiger partial charge is 0.309 e. The van der Waals surface area contributed by atoms with E-state index in [1.165, 1.54) is 11.8 Å². The van der Waals surface area contributed by atoms with Crippen molar-refractivity contribution in [2.24, 2.45) is 5.92 Å². The molecule has 7 heteroatoms. The van der Waals surface area contributed by atoms with E-state index in [1.807, 2.05) is 29.0 Å². The Bertz CT molecular complexity index is 756. The number of hydrogen-bond acceptors (Lipinski definition) is 4.